The smallest absolute Gasteiger partial charge is 0.315 e. The van der Waals surface area contributed by atoms with Gasteiger partial charge in [-0.3, -0.25) is 0 Å². The number of aryl methyl sites for hydroxylation is 1. The molecule has 2 amide bonds. The summed E-state index contributed by atoms with van der Waals surface area (Å²) in [6.45, 7) is 2.46. The summed E-state index contributed by atoms with van der Waals surface area (Å²) in [5, 5.41) is 19.3. The Morgan fingerprint density at radius 1 is 1.33 bits per heavy atom. The largest absolute Gasteiger partial charge is 0.338 e. The van der Waals surface area contributed by atoms with Gasteiger partial charge in [0.2, 0.25) is 4.96 Å². The minimum Gasteiger partial charge on any atom is -0.338 e. The van der Waals surface area contributed by atoms with Gasteiger partial charge in [0.05, 0.1) is 0 Å². The zero-order valence-electron chi connectivity index (χ0n) is 12.1. The number of rotatable bonds is 4. The normalized spacial score (nSPS) is 16.2. The number of amides is 2. The summed E-state index contributed by atoms with van der Waals surface area (Å²) >= 11 is 1.51. The van der Waals surface area contributed by atoms with E-state index in [0.29, 0.717) is 19.0 Å². The number of hydrogen-bond donors (Lipinski definition) is 2. The van der Waals surface area contributed by atoms with Gasteiger partial charge in [-0.25, -0.2) is 4.79 Å². The zero-order valence-corrected chi connectivity index (χ0v) is 12.9. The van der Waals surface area contributed by atoms with E-state index in [-0.39, 0.29) is 6.03 Å². The third-order valence-corrected chi connectivity index (χ3v) is 4.71. The van der Waals surface area contributed by atoms with Gasteiger partial charge in [0.15, 0.2) is 5.82 Å². The monoisotopic (exact) mass is 308 g/mol. The molecule has 3 rings (SSSR count). The van der Waals surface area contributed by atoms with Crippen LogP contribution in [0.15, 0.2) is 0 Å². The van der Waals surface area contributed by atoms with Crippen molar-refractivity contribution in [2.45, 2.75) is 51.5 Å². The fraction of sp³-hybridized carbons (Fsp3) is 0.692. The first-order valence-electron chi connectivity index (χ1n) is 7.44. The second-order valence-corrected chi connectivity index (χ2v) is 6.46. The van der Waals surface area contributed by atoms with Crippen LogP contribution >= 0.6 is 11.3 Å². The lowest BCUT2D eigenvalue weighted by Gasteiger charge is -2.22. The van der Waals surface area contributed by atoms with Crippen LogP contribution < -0.4 is 10.6 Å². The average Bonchev–Trinajstić information content (AvgIpc) is 3.02. The molecule has 0 radical (unpaired) electrons. The minimum absolute atomic E-state index is 0.0684. The summed E-state index contributed by atoms with van der Waals surface area (Å²) in [6.07, 6.45) is 6.65. The van der Waals surface area contributed by atoms with Crippen molar-refractivity contribution in [1.82, 2.24) is 30.4 Å². The number of carbonyl (C=O) groups excluding carboxylic acids is 1. The van der Waals surface area contributed by atoms with Gasteiger partial charge in [0.1, 0.15) is 5.01 Å². The second-order valence-electron chi connectivity index (χ2n) is 5.42. The Labute approximate surface area is 127 Å². The van der Waals surface area contributed by atoms with E-state index >= 15 is 0 Å². The highest BCUT2D eigenvalue weighted by Crippen LogP contribution is 2.17. The standard InChI is InChI=1S/C13H20N6OS/c1-9-16-17-13-19(9)18-11(21-13)7-8-14-12(20)15-10-5-3-2-4-6-10/h10H,2-8H2,1H3,(H2,14,15,20). The molecule has 1 saturated carbocycles. The van der Waals surface area contributed by atoms with E-state index in [0.717, 1.165) is 28.6 Å². The van der Waals surface area contributed by atoms with Gasteiger partial charge in [-0.2, -0.15) is 9.61 Å². The van der Waals surface area contributed by atoms with Crippen molar-refractivity contribution in [2.24, 2.45) is 0 Å². The van der Waals surface area contributed by atoms with Crippen LogP contribution in [0.25, 0.3) is 4.96 Å². The molecule has 0 saturated heterocycles. The van der Waals surface area contributed by atoms with Crippen molar-refractivity contribution < 1.29 is 4.79 Å². The first-order chi connectivity index (χ1) is 10.2. The van der Waals surface area contributed by atoms with Gasteiger partial charge in [0.25, 0.3) is 0 Å². The number of nitrogens with zero attached hydrogens (tertiary/aromatic N) is 4. The molecule has 0 bridgehead atoms. The van der Waals surface area contributed by atoms with Gasteiger partial charge in [-0.15, -0.1) is 10.2 Å². The van der Waals surface area contributed by atoms with Crippen molar-refractivity contribution in [3.8, 4) is 0 Å². The number of fused-ring (bicyclic) bond motifs is 1. The van der Waals surface area contributed by atoms with Crippen LogP contribution in [-0.4, -0.2) is 38.4 Å². The highest BCUT2D eigenvalue weighted by atomic mass is 32.1. The summed E-state index contributed by atoms with van der Waals surface area (Å²) in [5.74, 6) is 0.788. The van der Waals surface area contributed by atoms with Crippen molar-refractivity contribution in [2.75, 3.05) is 6.54 Å². The van der Waals surface area contributed by atoms with Crippen LogP contribution in [0, 0.1) is 6.92 Å². The molecule has 21 heavy (non-hydrogen) atoms. The molecule has 1 fully saturated rings. The number of urea groups is 1. The molecular weight excluding hydrogens is 288 g/mol. The molecule has 2 heterocycles. The molecule has 0 spiro atoms. The van der Waals surface area contributed by atoms with Crippen LogP contribution in [0.3, 0.4) is 0 Å². The van der Waals surface area contributed by atoms with E-state index in [2.05, 4.69) is 25.9 Å². The Morgan fingerprint density at radius 2 is 2.14 bits per heavy atom. The maximum absolute atomic E-state index is 11.8. The lowest BCUT2D eigenvalue weighted by atomic mass is 9.96. The maximum atomic E-state index is 11.8. The lowest BCUT2D eigenvalue weighted by Crippen LogP contribution is -2.43. The molecule has 0 aromatic carbocycles. The van der Waals surface area contributed by atoms with E-state index in [1.54, 1.807) is 4.52 Å². The molecule has 1 aliphatic carbocycles. The zero-order chi connectivity index (χ0) is 14.7. The Morgan fingerprint density at radius 3 is 2.90 bits per heavy atom. The molecule has 8 heteroatoms. The van der Waals surface area contributed by atoms with Crippen molar-refractivity contribution in [3.63, 3.8) is 0 Å². The van der Waals surface area contributed by atoms with Crippen LogP contribution in [0.4, 0.5) is 4.79 Å². The van der Waals surface area contributed by atoms with E-state index < -0.39 is 0 Å². The first kappa shape index (κ1) is 14.2. The van der Waals surface area contributed by atoms with Gasteiger partial charge in [-0.1, -0.05) is 30.6 Å². The maximum Gasteiger partial charge on any atom is 0.315 e. The molecule has 0 aliphatic heterocycles. The Hall–Kier alpha value is -1.70. The van der Waals surface area contributed by atoms with Crippen molar-refractivity contribution in [3.05, 3.63) is 10.8 Å². The average molecular weight is 308 g/mol. The van der Waals surface area contributed by atoms with E-state index in [4.69, 9.17) is 0 Å². The summed E-state index contributed by atoms with van der Waals surface area (Å²) in [5.41, 5.74) is 0. The second kappa shape index (κ2) is 6.38. The van der Waals surface area contributed by atoms with Gasteiger partial charge >= 0.3 is 6.03 Å². The molecule has 114 valence electrons. The third kappa shape index (κ3) is 3.49. The fourth-order valence-corrected chi connectivity index (χ4v) is 3.50. The predicted molar refractivity (Wildman–Crippen MR) is 80.5 cm³/mol. The van der Waals surface area contributed by atoms with Gasteiger partial charge in [0, 0.05) is 19.0 Å². The summed E-state index contributed by atoms with van der Waals surface area (Å²) in [7, 11) is 0. The third-order valence-electron chi connectivity index (χ3n) is 3.75. The van der Waals surface area contributed by atoms with Crippen LogP contribution in [-0.2, 0) is 6.42 Å². The van der Waals surface area contributed by atoms with Crippen LogP contribution in [0.2, 0.25) is 0 Å². The quantitative estimate of drug-likeness (QED) is 0.900. The molecule has 2 aromatic heterocycles. The summed E-state index contributed by atoms with van der Waals surface area (Å²) < 4.78 is 1.74. The predicted octanol–water partition coefficient (Wildman–Crippen LogP) is 1.67. The first-order valence-corrected chi connectivity index (χ1v) is 8.26. The molecule has 2 N–H and O–H groups in total. The SMILES string of the molecule is Cc1nnc2sc(CCNC(=O)NC3CCCCC3)nn12. The van der Waals surface area contributed by atoms with E-state index in [1.165, 1.54) is 30.6 Å². The van der Waals surface area contributed by atoms with Crippen molar-refractivity contribution in [1.29, 1.82) is 0 Å². The number of aromatic nitrogens is 4. The van der Waals surface area contributed by atoms with Crippen LogP contribution in [0.1, 0.15) is 42.9 Å². The number of nitrogens with one attached hydrogen (secondary N) is 2. The van der Waals surface area contributed by atoms with Crippen molar-refractivity contribution >= 4 is 22.3 Å². The topological polar surface area (TPSA) is 84.2 Å². The highest BCUT2D eigenvalue weighted by molar-refractivity contribution is 7.16. The van der Waals surface area contributed by atoms with Gasteiger partial charge in [-0.05, 0) is 19.8 Å². The van der Waals surface area contributed by atoms with E-state index in [9.17, 15) is 4.79 Å². The molecule has 7 nitrogen and oxygen atoms in total. The highest BCUT2D eigenvalue weighted by Gasteiger charge is 2.15. The number of carbonyl (C=O) groups is 1. The molecule has 0 unspecified atom stereocenters. The fourth-order valence-electron chi connectivity index (χ4n) is 2.62. The summed E-state index contributed by atoms with van der Waals surface area (Å²) in [4.78, 5) is 12.6. The van der Waals surface area contributed by atoms with Crippen LogP contribution in [0.5, 0.6) is 0 Å². The molecule has 1 aliphatic rings. The van der Waals surface area contributed by atoms with E-state index in [1.807, 2.05) is 6.92 Å². The van der Waals surface area contributed by atoms with Gasteiger partial charge < -0.3 is 10.6 Å². The molecule has 2 aromatic rings. The Balaban J connectivity index is 1.43. The lowest BCUT2D eigenvalue weighted by molar-refractivity contribution is 0.233. The Kier molecular flexibility index (Phi) is 4.33. The molecular formula is C13H20N6OS. The Bertz CT molecular complexity index is 615. The summed E-state index contributed by atoms with van der Waals surface area (Å²) in [6, 6.07) is 0.275. The minimum atomic E-state index is -0.0684. The number of hydrogen-bond acceptors (Lipinski definition) is 5. The molecule has 0 atom stereocenters.